The SMILES string of the molecule is COc1ccc(-c2cc3cc(F)c(F)cc3[nH]2)cc1NS(=O)(=O)NC(=O)OCCCO. The van der Waals surface area contributed by atoms with Crippen LogP contribution in [0.25, 0.3) is 22.2 Å². The summed E-state index contributed by atoms with van der Waals surface area (Å²) in [5.41, 5.74) is 1.33. The van der Waals surface area contributed by atoms with Crippen LogP contribution in [0.3, 0.4) is 0 Å². The standard InChI is InChI=1S/C19H19F2N3O6S/c1-29-18-4-3-11(15-9-12-7-13(20)14(21)10-16(12)22-15)8-17(18)23-31(27,28)24-19(26)30-6-2-5-25/h3-4,7-10,22-23,25H,2,5-6H2,1H3,(H,24,26). The molecule has 0 saturated carbocycles. The minimum absolute atomic E-state index is 0.00618. The summed E-state index contributed by atoms with van der Waals surface area (Å²) in [7, 11) is -3.03. The maximum Gasteiger partial charge on any atom is 0.422 e. The molecule has 3 rings (SSSR count). The van der Waals surface area contributed by atoms with Gasteiger partial charge in [-0.1, -0.05) is 0 Å². The molecule has 0 aliphatic rings. The molecule has 1 heterocycles. The Morgan fingerprint density at radius 1 is 1.16 bits per heavy atom. The second kappa shape index (κ2) is 9.18. The summed E-state index contributed by atoms with van der Waals surface area (Å²) >= 11 is 0. The first-order valence-corrected chi connectivity index (χ1v) is 10.4. The first kappa shape index (κ1) is 22.3. The molecule has 4 N–H and O–H groups in total. The van der Waals surface area contributed by atoms with Crippen LogP contribution in [-0.2, 0) is 14.9 Å². The summed E-state index contributed by atoms with van der Waals surface area (Å²) in [5, 5.41) is 9.09. The maximum absolute atomic E-state index is 13.5. The Labute approximate surface area is 176 Å². The Hall–Kier alpha value is -3.38. The molecule has 0 bridgehead atoms. The third kappa shape index (κ3) is 5.41. The number of aliphatic hydroxyl groups excluding tert-OH is 1. The van der Waals surface area contributed by atoms with Crippen molar-refractivity contribution in [3.05, 3.63) is 48.0 Å². The van der Waals surface area contributed by atoms with Crippen molar-refractivity contribution in [3.63, 3.8) is 0 Å². The number of amides is 1. The lowest BCUT2D eigenvalue weighted by Gasteiger charge is -2.13. The predicted molar refractivity (Wildman–Crippen MR) is 109 cm³/mol. The summed E-state index contributed by atoms with van der Waals surface area (Å²) < 4.78 is 65.1. The van der Waals surface area contributed by atoms with Crippen molar-refractivity contribution >= 4 is 32.9 Å². The van der Waals surface area contributed by atoms with Crippen LogP contribution in [0.5, 0.6) is 5.75 Å². The van der Waals surface area contributed by atoms with Crippen LogP contribution < -0.4 is 14.2 Å². The van der Waals surface area contributed by atoms with E-state index < -0.39 is 27.9 Å². The van der Waals surface area contributed by atoms with E-state index in [-0.39, 0.29) is 31.1 Å². The van der Waals surface area contributed by atoms with Crippen LogP contribution in [0.4, 0.5) is 19.3 Å². The van der Waals surface area contributed by atoms with Gasteiger partial charge in [-0.15, -0.1) is 0 Å². The Morgan fingerprint density at radius 3 is 2.61 bits per heavy atom. The van der Waals surface area contributed by atoms with Gasteiger partial charge in [0.1, 0.15) is 5.75 Å². The number of methoxy groups -OCH3 is 1. The zero-order valence-corrected chi connectivity index (χ0v) is 17.1. The average Bonchev–Trinajstić information content (AvgIpc) is 3.10. The molecule has 166 valence electrons. The van der Waals surface area contributed by atoms with Gasteiger partial charge in [-0.3, -0.25) is 4.72 Å². The number of hydrogen-bond acceptors (Lipinski definition) is 6. The van der Waals surface area contributed by atoms with Crippen LogP contribution >= 0.6 is 0 Å². The van der Waals surface area contributed by atoms with Crippen molar-refractivity contribution in [2.75, 3.05) is 25.0 Å². The number of aliphatic hydroxyl groups is 1. The number of nitrogens with one attached hydrogen (secondary N) is 3. The van der Waals surface area contributed by atoms with Gasteiger partial charge in [0.05, 0.1) is 19.4 Å². The highest BCUT2D eigenvalue weighted by atomic mass is 32.2. The van der Waals surface area contributed by atoms with Gasteiger partial charge in [-0.05, 0) is 30.3 Å². The van der Waals surface area contributed by atoms with E-state index >= 15 is 0 Å². The third-order valence-electron chi connectivity index (χ3n) is 4.17. The summed E-state index contributed by atoms with van der Waals surface area (Å²) in [6.45, 7) is -0.368. The number of halogens is 2. The van der Waals surface area contributed by atoms with E-state index in [1.165, 1.54) is 19.2 Å². The van der Waals surface area contributed by atoms with Crippen LogP contribution in [0, 0.1) is 11.6 Å². The lowest BCUT2D eigenvalue weighted by Crippen LogP contribution is -2.36. The quantitative estimate of drug-likeness (QED) is 0.387. The summed E-state index contributed by atoms with van der Waals surface area (Å²) in [6.07, 6.45) is -1.05. The zero-order valence-electron chi connectivity index (χ0n) is 16.2. The molecule has 0 aliphatic carbocycles. The van der Waals surface area contributed by atoms with E-state index in [2.05, 4.69) is 14.4 Å². The van der Waals surface area contributed by atoms with Crippen LogP contribution in [0.15, 0.2) is 36.4 Å². The number of fused-ring (bicyclic) bond motifs is 1. The highest BCUT2D eigenvalue weighted by Gasteiger charge is 2.19. The van der Waals surface area contributed by atoms with Crippen molar-refractivity contribution in [2.45, 2.75) is 6.42 Å². The Bertz CT molecular complexity index is 1170. The molecule has 0 saturated heterocycles. The molecule has 0 aliphatic heterocycles. The van der Waals surface area contributed by atoms with Crippen molar-refractivity contribution < 1.29 is 36.6 Å². The molecule has 0 spiro atoms. The maximum atomic E-state index is 13.5. The minimum Gasteiger partial charge on any atom is -0.495 e. The van der Waals surface area contributed by atoms with Gasteiger partial charge >= 0.3 is 16.3 Å². The van der Waals surface area contributed by atoms with Gasteiger partial charge in [0.15, 0.2) is 11.6 Å². The van der Waals surface area contributed by atoms with E-state index in [0.29, 0.717) is 22.2 Å². The number of aromatic nitrogens is 1. The molecule has 0 radical (unpaired) electrons. The normalized spacial score (nSPS) is 11.4. The molecule has 0 unspecified atom stereocenters. The second-order valence-electron chi connectivity index (χ2n) is 6.37. The average molecular weight is 455 g/mol. The number of hydrogen-bond donors (Lipinski definition) is 4. The van der Waals surface area contributed by atoms with Crippen LogP contribution in [0.1, 0.15) is 6.42 Å². The van der Waals surface area contributed by atoms with E-state index in [1.54, 1.807) is 16.9 Å². The zero-order chi connectivity index (χ0) is 22.6. The summed E-state index contributed by atoms with van der Waals surface area (Å²) in [4.78, 5) is 14.5. The molecule has 9 nitrogen and oxygen atoms in total. The molecule has 3 aromatic rings. The molecule has 31 heavy (non-hydrogen) atoms. The lowest BCUT2D eigenvalue weighted by molar-refractivity contribution is 0.141. The van der Waals surface area contributed by atoms with Crippen LogP contribution in [-0.4, -0.2) is 44.9 Å². The molecular formula is C19H19F2N3O6S. The number of carbonyl (C=O) groups is 1. The first-order chi connectivity index (χ1) is 14.7. The monoisotopic (exact) mass is 455 g/mol. The topological polar surface area (TPSA) is 130 Å². The predicted octanol–water partition coefficient (Wildman–Crippen LogP) is 2.89. The smallest absolute Gasteiger partial charge is 0.422 e. The van der Waals surface area contributed by atoms with Crippen LogP contribution in [0.2, 0.25) is 0 Å². The number of carbonyl (C=O) groups excluding carboxylic acids is 1. The fourth-order valence-electron chi connectivity index (χ4n) is 2.78. The van der Waals surface area contributed by atoms with E-state index in [1.807, 2.05) is 0 Å². The second-order valence-corrected chi connectivity index (χ2v) is 7.79. The lowest BCUT2D eigenvalue weighted by atomic mass is 10.1. The van der Waals surface area contributed by atoms with Crippen molar-refractivity contribution in [2.24, 2.45) is 0 Å². The molecule has 0 atom stereocenters. The fourth-order valence-corrected chi connectivity index (χ4v) is 3.55. The van der Waals surface area contributed by atoms with Gasteiger partial charge in [0.25, 0.3) is 0 Å². The third-order valence-corrected chi connectivity index (χ3v) is 5.09. The van der Waals surface area contributed by atoms with Gasteiger partial charge in [0, 0.05) is 41.3 Å². The van der Waals surface area contributed by atoms with Gasteiger partial charge in [-0.25, -0.2) is 18.3 Å². The number of H-pyrrole nitrogens is 1. The molecule has 2 aromatic carbocycles. The van der Waals surface area contributed by atoms with Gasteiger partial charge in [-0.2, -0.15) is 8.42 Å². The largest absolute Gasteiger partial charge is 0.495 e. The summed E-state index contributed by atoms with van der Waals surface area (Å²) in [6, 6.07) is 8.17. The Balaban J connectivity index is 1.86. The minimum atomic E-state index is -4.36. The molecule has 12 heteroatoms. The Kier molecular flexibility index (Phi) is 6.61. The van der Waals surface area contributed by atoms with Crippen molar-refractivity contribution in [1.82, 2.24) is 9.71 Å². The Morgan fingerprint density at radius 2 is 1.90 bits per heavy atom. The van der Waals surface area contributed by atoms with E-state index in [9.17, 15) is 22.0 Å². The van der Waals surface area contributed by atoms with Crippen molar-refractivity contribution in [1.29, 1.82) is 0 Å². The van der Waals surface area contributed by atoms with E-state index in [0.717, 1.165) is 12.1 Å². The fraction of sp³-hybridized carbons (Fsp3) is 0.211. The summed E-state index contributed by atoms with van der Waals surface area (Å²) in [5.74, 6) is -1.82. The molecule has 1 aromatic heterocycles. The highest BCUT2D eigenvalue weighted by Crippen LogP contribution is 2.32. The van der Waals surface area contributed by atoms with Gasteiger partial charge in [0.2, 0.25) is 0 Å². The van der Waals surface area contributed by atoms with Gasteiger partial charge < -0.3 is 19.6 Å². The molecular weight excluding hydrogens is 436 g/mol. The molecule has 0 fully saturated rings. The van der Waals surface area contributed by atoms with Crippen molar-refractivity contribution in [3.8, 4) is 17.0 Å². The number of ether oxygens (including phenoxy) is 2. The number of aromatic amines is 1. The number of anilines is 1. The molecule has 1 amide bonds. The number of rotatable bonds is 8. The van der Waals surface area contributed by atoms with E-state index in [4.69, 9.17) is 9.84 Å². The highest BCUT2D eigenvalue weighted by molar-refractivity contribution is 7.91. The first-order valence-electron chi connectivity index (χ1n) is 8.97. The number of benzene rings is 2.